The summed E-state index contributed by atoms with van der Waals surface area (Å²) in [6, 6.07) is 5.67. The molecular formula is C21H34N3O2+. The molecule has 144 valence electrons. The number of benzene rings is 1. The second-order valence-corrected chi connectivity index (χ2v) is 8.23. The maximum Gasteiger partial charge on any atom is 0.280 e. The molecule has 5 heteroatoms. The highest BCUT2D eigenvalue weighted by Crippen LogP contribution is 2.21. The predicted octanol–water partition coefficient (Wildman–Crippen LogP) is 1.65. The van der Waals surface area contributed by atoms with E-state index in [4.69, 9.17) is 0 Å². The van der Waals surface area contributed by atoms with Crippen LogP contribution in [0.15, 0.2) is 18.2 Å². The minimum Gasteiger partial charge on any atom is -0.337 e. The molecule has 1 heterocycles. The normalized spacial score (nSPS) is 22.6. The third kappa shape index (κ3) is 5.07. The Morgan fingerprint density at radius 3 is 2.46 bits per heavy atom. The molecule has 2 N–H and O–H groups in total. The molecule has 1 aliphatic heterocycles. The predicted molar refractivity (Wildman–Crippen MR) is 105 cm³/mol. The number of quaternary nitrogens is 1. The zero-order valence-electron chi connectivity index (χ0n) is 17.1. The maximum atomic E-state index is 12.8. The zero-order valence-corrected chi connectivity index (χ0v) is 17.1. The third-order valence-electron chi connectivity index (χ3n) is 5.61. The van der Waals surface area contributed by atoms with Gasteiger partial charge in [0, 0.05) is 18.8 Å². The largest absolute Gasteiger partial charge is 0.337 e. The standard InChI is InChI=1S/C21H33N3O2/c1-14-10-15(2)12-24(11-14)21(26)18(5)23(6)13-20(25)22-19-9-7-8-16(3)17(19)4/h7-9,14-15,18H,10-13H2,1-6H3,(H,22,25)/p+1/t14-,15+,18-/m0/s1. The Bertz CT molecular complexity index is 649. The van der Waals surface area contributed by atoms with E-state index in [2.05, 4.69) is 19.2 Å². The van der Waals surface area contributed by atoms with Crippen LogP contribution in [0.3, 0.4) is 0 Å². The van der Waals surface area contributed by atoms with Gasteiger partial charge < -0.3 is 15.1 Å². The average molecular weight is 361 g/mol. The van der Waals surface area contributed by atoms with Crippen LogP contribution < -0.4 is 10.2 Å². The Morgan fingerprint density at radius 2 is 1.85 bits per heavy atom. The summed E-state index contributed by atoms with van der Waals surface area (Å²) in [7, 11) is 1.92. The van der Waals surface area contributed by atoms with Crippen molar-refractivity contribution >= 4 is 17.5 Å². The van der Waals surface area contributed by atoms with Gasteiger partial charge in [0.2, 0.25) is 0 Å². The maximum absolute atomic E-state index is 12.8. The van der Waals surface area contributed by atoms with Crippen LogP contribution in [-0.4, -0.2) is 49.4 Å². The van der Waals surface area contributed by atoms with Gasteiger partial charge in [0.15, 0.2) is 12.6 Å². The number of hydrogen-bond acceptors (Lipinski definition) is 2. The molecule has 1 fully saturated rings. The number of likely N-dealkylation sites (N-methyl/N-ethyl adjacent to an activating group) is 1. The van der Waals surface area contributed by atoms with Crippen LogP contribution >= 0.6 is 0 Å². The van der Waals surface area contributed by atoms with E-state index in [-0.39, 0.29) is 24.4 Å². The van der Waals surface area contributed by atoms with Crippen molar-refractivity contribution in [2.45, 2.75) is 47.1 Å². The number of nitrogens with zero attached hydrogens (tertiary/aromatic N) is 1. The molecule has 0 bridgehead atoms. The number of piperidine rings is 1. The highest BCUT2D eigenvalue weighted by atomic mass is 16.2. The van der Waals surface area contributed by atoms with Gasteiger partial charge in [-0.25, -0.2) is 0 Å². The molecule has 0 spiro atoms. The van der Waals surface area contributed by atoms with Crippen molar-refractivity contribution in [3.63, 3.8) is 0 Å². The fourth-order valence-corrected chi connectivity index (χ4v) is 3.81. The van der Waals surface area contributed by atoms with Crippen molar-refractivity contribution in [2.24, 2.45) is 11.8 Å². The summed E-state index contributed by atoms with van der Waals surface area (Å²) in [6.07, 6.45) is 1.18. The molecule has 5 nitrogen and oxygen atoms in total. The molecule has 26 heavy (non-hydrogen) atoms. The Balaban J connectivity index is 1.93. The lowest BCUT2D eigenvalue weighted by Crippen LogP contribution is -3.15. The van der Waals surface area contributed by atoms with E-state index >= 15 is 0 Å². The molecular weight excluding hydrogens is 326 g/mol. The van der Waals surface area contributed by atoms with Crippen LogP contribution in [0.25, 0.3) is 0 Å². The minimum absolute atomic E-state index is 0.0590. The second kappa shape index (κ2) is 8.67. The molecule has 1 aromatic rings. The van der Waals surface area contributed by atoms with Gasteiger partial charge in [0.05, 0.1) is 7.05 Å². The summed E-state index contributed by atoms with van der Waals surface area (Å²) in [5.74, 6) is 1.18. The fourth-order valence-electron chi connectivity index (χ4n) is 3.81. The number of carbonyl (C=O) groups is 2. The lowest BCUT2D eigenvalue weighted by Gasteiger charge is -2.36. The van der Waals surface area contributed by atoms with Gasteiger partial charge in [-0.05, 0) is 56.2 Å². The van der Waals surface area contributed by atoms with E-state index in [1.165, 1.54) is 6.42 Å². The molecule has 1 unspecified atom stereocenters. The van der Waals surface area contributed by atoms with Gasteiger partial charge >= 0.3 is 0 Å². The summed E-state index contributed by atoms with van der Waals surface area (Å²) in [4.78, 5) is 28.2. The van der Waals surface area contributed by atoms with Gasteiger partial charge in [-0.3, -0.25) is 9.59 Å². The number of nitrogens with one attached hydrogen (secondary N) is 2. The molecule has 1 aromatic carbocycles. The van der Waals surface area contributed by atoms with Crippen molar-refractivity contribution in [3.8, 4) is 0 Å². The van der Waals surface area contributed by atoms with Crippen LogP contribution in [-0.2, 0) is 9.59 Å². The lowest BCUT2D eigenvalue weighted by molar-refractivity contribution is -0.886. The minimum atomic E-state index is -0.225. The van der Waals surface area contributed by atoms with Crippen molar-refractivity contribution in [1.82, 2.24) is 4.90 Å². The van der Waals surface area contributed by atoms with Gasteiger partial charge in [-0.15, -0.1) is 0 Å². The molecule has 0 aliphatic carbocycles. The van der Waals surface area contributed by atoms with Gasteiger partial charge in [0.25, 0.3) is 11.8 Å². The Kier molecular flexibility index (Phi) is 6.81. The monoisotopic (exact) mass is 360 g/mol. The number of hydrogen-bond donors (Lipinski definition) is 2. The van der Waals surface area contributed by atoms with E-state index in [0.29, 0.717) is 11.8 Å². The van der Waals surface area contributed by atoms with Crippen LogP contribution in [0, 0.1) is 25.7 Å². The van der Waals surface area contributed by atoms with E-state index in [1.807, 2.05) is 50.9 Å². The average Bonchev–Trinajstić information content (AvgIpc) is 2.56. The van der Waals surface area contributed by atoms with Gasteiger partial charge in [-0.1, -0.05) is 26.0 Å². The Hall–Kier alpha value is -1.88. The topological polar surface area (TPSA) is 53.9 Å². The third-order valence-corrected chi connectivity index (χ3v) is 5.61. The summed E-state index contributed by atoms with van der Waals surface area (Å²) >= 11 is 0. The SMILES string of the molecule is Cc1cccc(NC(=O)C[NH+](C)[C@@H](C)C(=O)N2C[C@H](C)C[C@H](C)C2)c1C. The smallest absolute Gasteiger partial charge is 0.280 e. The fraction of sp³-hybridized carbons (Fsp3) is 0.619. The van der Waals surface area contributed by atoms with E-state index in [1.54, 1.807) is 0 Å². The van der Waals surface area contributed by atoms with Crippen LogP contribution in [0.5, 0.6) is 0 Å². The zero-order chi connectivity index (χ0) is 19.4. The van der Waals surface area contributed by atoms with Crippen molar-refractivity contribution < 1.29 is 14.5 Å². The molecule has 2 rings (SSSR count). The number of aryl methyl sites for hydroxylation is 1. The van der Waals surface area contributed by atoms with Crippen LogP contribution in [0.2, 0.25) is 0 Å². The van der Waals surface area contributed by atoms with Gasteiger partial charge in [-0.2, -0.15) is 0 Å². The number of anilines is 1. The molecule has 1 saturated heterocycles. The van der Waals surface area contributed by atoms with Gasteiger partial charge in [0.1, 0.15) is 0 Å². The lowest BCUT2D eigenvalue weighted by atomic mass is 9.91. The van der Waals surface area contributed by atoms with Crippen molar-refractivity contribution in [3.05, 3.63) is 29.3 Å². The molecule has 0 saturated carbocycles. The Labute approximate surface area is 157 Å². The first kappa shape index (κ1) is 20.4. The molecule has 0 radical (unpaired) electrons. The van der Waals surface area contributed by atoms with Crippen LogP contribution in [0.4, 0.5) is 5.69 Å². The first-order valence-electron chi connectivity index (χ1n) is 9.66. The Morgan fingerprint density at radius 1 is 1.23 bits per heavy atom. The number of carbonyl (C=O) groups excluding carboxylic acids is 2. The van der Waals surface area contributed by atoms with Crippen LogP contribution in [0.1, 0.15) is 38.3 Å². The number of likely N-dealkylation sites (tertiary alicyclic amines) is 1. The highest BCUT2D eigenvalue weighted by molar-refractivity contribution is 5.92. The molecule has 2 amide bonds. The highest BCUT2D eigenvalue weighted by Gasteiger charge is 2.32. The molecule has 1 aliphatic rings. The van der Waals surface area contributed by atoms with E-state index in [9.17, 15) is 9.59 Å². The van der Waals surface area contributed by atoms with E-state index < -0.39 is 0 Å². The first-order valence-corrected chi connectivity index (χ1v) is 9.66. The molecule has 0 aromatic heterocycles. The summed E-state index contributed by atoms with van der Waals surface area (Å²) in [5, 5.41) is 2.98. The summed E-state index contributed by atoms with van der Waals surface area (Å²) in [5.41, 5.74) is 3.08. The number of rotatable bonds is 5. The summed E-state index contributed by atoms with van der Waals surface area (Å²) in [6.45, 7) is 12.3. The second-order valence-electron chi connectivity index (χ2n) is 8.23. The molecule has 4 atom stereocenters. The van der Waals surface area contributed by atoms with Crippen molar-refractivity contribution in [2.75, 3.05) is 32.0 Å². The number of amides is 2. The van der Waals surface area contributed by atoms with Crippen molar-refractivity contribution in [1.29, 1.82) is 0 Å². The summed E-state index contributed by atoms with van der Waals surface area (Å²) < 4.78 is 0. The van der Waals surface area contributed by atoms with E-state index in [0.717, 1.165) is 34.8 Å². The quantitative estimate of drug-likeness (QED) is 0.839. The first-order chi connectivity index (χ1) is 12.2.